The Morgan fingerprint density at radius 3 is 2.65 bits per heavy atom. The minimum atomic E-state index is -0.0926. The summed E-state index contributed by atoms with van der Waals surface area (Å²) in [5.41, 5.74) is 0. The first-order valence-corrected chi connectivity index (χ1v) is 5.75. The molecule has 1 heterocycles. The van der Waals surface area contributed by atoms with Gasteiger partial charge < -0.3 is 15.5 Å². The molecular formula is C11H22ClN3O2. The maximum absolute atomic E-state index is 11.6. The van der Waals surface area contributed by atoms with Crippen molar-refractivity contribution in [2.45, 2.75) is 38.8 Å². The van der Waals surface area contributed by atoms with Gasteiger partial charge in [-0.25, -0.2) is 0 Å². The average Bonchev–Trinajstić information content (AvgIpc) is 2.21. The van der Waals surface area contributed by atoms with Crippen LogP contribution in [0.15, 0.2) is 0 Å². The predicted octanol–water partition coefficient (Wildman–Crippen LogP) is 0.143. The highest BCUT2D eigenvalue weighted by Gasteiger charge is 2.22. The van der Waals surface area contributed by atoms with E-state index in [4.69, 9.17) is 0 Å². The molecule has 0 radical (unpaired) electrons. The standard InChI is InChI=1S/C11H21N3O2.ClH/c1-8-10(5-4-6-12-8)13-11(16)7-14(3)9(2)15;/h8,10,12H,4-7H2,1-3H3,(H,13,16);1H. The molecule has 0 spiro atoms. The molecule has 0 saturated carbocycles. The number of carbonyl (C=O) groups is 2. The Bertz CT molecular complexity index is 273. The van der Waals surface area contributed by atoms with Gasteiger partial charge in [0.15, 0.2) is 0 Å². The number of nitrogens with zero attached hydrogens (tertiary/aromatic N) is 1. The zero-order valence-corrected chi connectivity index (χ0v) is 11.5. The fraction of sp³-hybridized carbons (Fsp3) is 0.818. The van der Waals surface area contributed by atoms with E-state index in [-0.39, 0.29) is 36.8 Å². The molecule has 1 rings (SSSR count). The summed E-state index contributed by atoms with van der Waals surface area (Å²) in [7, 11) is 1.63. The molecule has 6 heteroatoms. The molecule has 1 saturated heterocycles. The van der Waals surface area contributed by atoms with E-state index in [0.717, 1.165) is 19.4 Å². The lowest BCUT2D eigenvalue weighted by Gasteiger charge is -2.31. The van der Waals surface area contributed by atoms with Crippen molar-refractivity contribution in [3.05, 3.63) is 0 Å². The normalized spacial score (nSPS) is 23.5. The number of hydrogen-bond acceptors (Lipinski definition) is 3. The van der Waals surface area contributed by atoms with Gasteiger partial charge in [-0.3, -0.25) is 9.59 Å². The van der Waals surface area contributed by atoms with Crippen molar-refractivity contribution in [3.63, 3.8) is 0 Å². The molecule has 100 valence electrons. The van der Waals surface area contributed by atoms with Gasteiger partial charge in [-0.1, -0.05) is 0 Å². The lowest BCUT2D eigenvalue weighted by molar-refractivity contribution is -0.133. The third-order valence-corrected chi connectivity index (χ3v) is 3.03. The molecule has 5 nitrogen and oxygen atoms in total. The number of carbonyl (C=O) groups excluding carboxylic acids is 2. The number of likely N-dealkylation sites (N-methyl/N-ethyl adjacent to an activating group) is 1. The van der Waals surface area contributed by atoms with Crippen LogP contribution in [0.1, 0.15) is 26.7 Å². The van der Waals surface area contributed by atoms with Gasteiger partial charge in [-0.2, -0.15) is 0 Å². The Labute approximate surface area is 109 Å². The van der Waals surface area contributed by atoms with Crippen LogP contribution in [0.25, 0.3) is 0 Å². The SMILES string of the molecule is CC(=O)N(C)CC(=O)NC1CCCNC1C.Cl. The van der Waals surface area contributed by atoms with E-state index in [9.17, 15) is 9.59 Å². The molecule has 0 aromatic rings. The van der Waals surface area contributed by atoms with E-state index in [1.54, 1.807) is 7.05 Å². The number of halogens is 1. The molecule has 1 aliphatic rings. The average molecular weight is 264 g/mol. The number of piperidine rings is 1. The van der Waals surface area contributed by atoms with Crippen molar-refractivity contribution >= 4 is 24.2 Å². The lowest BCUT2D eigenvalue weighted by atomic mass is 10.00. The summed E-state index contributed by atoms with van der Waals surface area (Å²) in [4.78, 5) is 24.0. The largest absolute Gasteiger partial charge is 0.350 e. The van der Waals surface area contributed by atoms with Crippen LogP contribution in [0.5, 0.6) is 0 Å². The molecule has 0 bridgehead atoms. The van der Waals surface area contributed by atoms with Crippen LogP contribution in [0.3, 0.4) is 0 Å². The van der Waals surface area contributed by atoms with Gasteiger partial charge in [-0.05, 0) is 26.3 Å². The van der Waals surface area contributed by atoms with Gasteiger partial charge in [0.2, 0.25) is 11.8 Å². The number of nitrogens with one attached hydrogen (secondary N) is 2. The fourth-order valence-electron chi connectivity index (χ4n) is 1.82. The first kappa shape index (κ1) is 16.2. The van der Waals surface area contributed by atoms with E-state index in [0.29, 0.717) is 6.04 Å². The third-order valence-electron chi connectivity index (χ3n) is 3.03. The van der Waals surface area contributed by atoms with E-state index in [1.807, 2.05) is 0 Å². The van der Waals surface area contributed by atoms with Gasteiger partial charge in [0.25, 0.3) is 0 Å². The van der Waals surface area contributed by atoms with Crippen molar-refractivity contribution < 1.29 is 9.59 Å². The molecule has 1 aliphatic heterocycles. The van der Waals surface area contributed by atoms with Gasteiger partial charge in [-0.15, -0.1) is 12.4 Å². The van der Waals surface area contributed by atoms with Crippen LogP contribution in [-0.2, 0) is 9.59 Å². The fourth-order valence-corrected chi connectivity index (χ4v) is 1.82. The monoisotopic (exact) mass is 263 g/mol. The Morgan fingerprint density at radius 2 is 2.12 bits per heavy atom. The summed E-state index contributed by atoms with van der Waals surface area (Å²) >= 11 is 0. The van der Waals surface area contributed by atoms with Crippen molar-refractivity contribution in [2.75, 3.05) is 20.1 Å². The van der Waals surface area contributed by atoms with E-state index in [1.165, 1.54) is 11.8 Å². The summed E-state index contributed by atoms with van der Waals surface area (Å²) in [6.45, 7) is 4.68. The summed E-state index contributed by atoms with van der Waals surface area (Å²) in [6, 6.07) is 0.488. The van der Waals surface area contributed by atoms with Gasteiger partial charge in [0, 0.05) is 26.1 Å². The van der Waals surface area contributed by atoms with Crippen LogP contribution in [0.4, 0.5) is 0 Å². The van der Waals surface area contributed by atoms with Gasteiger partial charge in [0.05, 0.1) is 6.54 Å². The highest BCUT2D eigenvalue weighted by atomic mass is 35.5. The van der Waals surface area contributed by atoms with E-state index < -0.39 is 0 Å². The van der Waals surface area contributed by atoms with Crippen molar-refractivity contribution in [1.82, 2.24) is 15.5 Å². The highest BCUT2D eigenvalue weighted by Crippen LogP contribution is 2.07. The number of rotatable bonds is 3. The molecule has 2 atom stereocenters. The third kappa shape index (κ3) is 5.37. The smallest absolute Gasteiger partial charge is 0.239 e. The topological polar surface area (TPSA) is 61.4 Å². The Kier molecular flexibility index (Phi) is 7.15. The molecule has 17 heavy (non-hydrogen) atoms. The van der Waals surface area contributed by atoms with E-state index >= 15 is 0 Å². The Morgan fingerprint density at radius 1 is 1.47 bits per heavy atom. The number of hydrogen-bond donors (Lipinski definition) is 2. The molecule has 2 N–H and O–H groups in total. The maximum atomic E-state index is 11.6. The van der Waals surface area contributed by atoms with Crippen LogP contribution in [0.2, 0.25) is 0 Å². The minimum absolute atomic E-state index is 0. The first-order chi connectivity index (χ1) is 7.50. The van der Waals surface area contributed by atoms with Crippen molar-refractivity contribution in [2.24, 2.45) is 0 Å². The highest BCUT2D eigenvalue weighted by molar-refractivity contribution is 5.85. The summed E-state index contributed by atoms with van der Waals surface area (Å²) in [5, 5.41) is 6.28. The second-order valence-corrected chi connectivity index (χ2v) is 4.43. The van der Waals surface area contributed by atoms with Crippen molar-refractivity contribution in [3.8, 4) is 0 Å². The maximum Gasteiger partial charge on any atom is 0.239 e. The Balaban J connectivity index is 0.00000256. The predicted molar refractivity (Wildman–Crippen MR) is 69.2 cm³/mol. The quantitative estimate of drug-likeness (QED) is 0.762. The van der Waals surface area contributed by atoms with Crippen LogP contribution in [0, 0.1) is 0 Å². The molecule has 1 fully saturated rings. The van der Waals surface area contributed by atoms with Gasteiger partial charge in [0.1, 0.15) is 0 Å². The summed E-state index contributed by atoms with van der Waals surface area (Å²) in [6.07, 6.45) is 2.08. The molecule has 0 aromatic carbocycles. The van der Waals surface area contributed by atoms with Crippen LogP contribution in [-0.4, -0.2) is 48.9 Å². The summed E-state index contributed by atoms with van der Waals surface area (Å²) < 4.78 is 0. The molecule has 0 aliphatic carbocycles. The zero-order valence-electron chi connectivity index (χ0n) is 10.7. The van der Waals surface area contributed by atoms with Crippen LogP contribution < -0.4 is 10.6 Å². The molecule has 2 unspecified atom stereocenters. The molecular weight excluding hydrogens is 242 g/mol. The van der Waals surface area contributed by atoms with Gasteiger partial charge >= 0.3 is 0 Å². The van der Waals surface area contributed by atoms with Crippen molar-refractivity contribution in [1.29, 1.82) is 0 Å². The Hall–Kier alpha value is -0.810. The van der Waals surface area contributed by atoms with E-state index in [2.05, 4.69) is 17.6 Å². The lowest BCUT2D eigenvalue weighted by Crippen LogP contribution is -2.53. The second kappa shape index (κ2) is 7.50. The summed E-state index contributed by atoms with van der Waals surface area (Å²) in [5.74, 6) is -0.178. The number of amides is 2. The second-order valence-electron chi connectivity index (χ2n) is 4.43. The molecule has 2 amide bonds. The zero-order chi connectivity index (χ0) is 12.1. The van der Waals surface area contributed by atoms with Crippen LogP contribution >= 0.6 is 12.4 Å². The molecule has 0 aromatic heterocycles. The minimum Gasteiger partial charge on any atom is -0.350 e. The first-order valence-electron chi connectivity index (χ1n) is 5.75.